The summed E-state index contributed by atoms with van der Waals surface area (Å²) >= 11 is 5.81. The Balaban J connectivity index is 1.43. The number of thiocarbonyl (C=S) groups is 1. The van der Waals surface area contributed by atoms with Crippen LogP contribution in [0, 0.1) is 6.92 Å². The van der Waals surface area contributed by atoms with Gasteiger partial charge in [-0.2, -0.15) is 0 Å². The maximum Gasteiger partial charge on any atom is 0.226 e. The Kier molecular flexibility index (Phi) is 7.70. The number of hydrogen-bond donors (Lipinski definition) is 2. The number of hydrogen-bond acceptors (Lipinski definition) is 4. The van der Waals surface area contributed by atoms with Crippen LogP contribution < -0.4 is 15.4 Å². The molecule has 8 heteroatoms. The second-order valence-electron chi connectivity index (χ2n) is 9.16. The SMILES string of the molecule is CCOc1ccc(-n2cccc2C2C(c3ccccn3)NC(=S)N2CCC(=O)Nc2ccccc2C)cc1. The van der Waals surface area contributed by atoms with Crippen LogP contribution in [0.25, 0.3) is 5.69 Å². The monoisotopic (exact) mass is 525 g/mol. The van der Waals surface area contributed by atoms with Gasteiger partial charge in [-0.05, 0) is 86.2 Å². The summed E-state index contributed by atoms with van der Waals surface area (Å²) < 4.78 is 7.79. The van der Waals surface area contributed by atoms with E-state index in [4.69, 9.17) is 17.0 Å². The average molecular weight is 526 g/mol. The van der Waals surface area contributed by atoms with Crippen LogP contribution in [-0.4, -0.2) is 38.6 Å². The molecule has 0 saturated carbocycles. The Bertz CT molecular complexity index is 1400. The fourth-order valence-electron chi connectivity index (χ4n) is 4.86. The number of carbonyl (C=O) groups is 1. The Morgan fingerprint density at radius 1 is 1.05 bits per heavy atom. The number of rotatable bonds is 9. The normalized spacial score (nSPS) is 16.8. The summed E-state index contributed by atoms with van der Waals surface area (Å²) in [5.41, 5.74) is 4.82. The number of ether oxygens (including phenoxy) is 1. The maximum atomic E-state index is 12.9. The maximum absolute atomic E-state index is 12.9. The van der Waals surface area contributed by atoms with Gasteiger partial charge < -0.3 is 24.8 Å². The summed E-state index contributed by atoms with van der Waals surface area (Å²) in [7, 11) is 0. The van der Waals surface area contributed by atoms with Crippen LogP contribution in [0.2, 0.25) is 0 Å². The predicted octanol–water partition coefficient (Wildman–Crippen LogP) is 5.58. The summed E-state index contributed by atoms with van der Waals surface area (Å²) in [5.74, 6) is 0.783. The summed E-state index contributed by atoms with van der Waals surface area (Å²) in [4.78, 5) is 19.7. The highest BCUT2D eigenvalue weighted by atomic mass is 32.1. The smallest absolute Gasteiger partial charge is 0.226 e. The molecule has 0 radical (unpaired) electrons. The van der Waals surface area contributed by atoms with E-state index in [1.165, 1.54) is 0 Å². The highest BCUT2D eigenvalue weighted by Crippen LogP contribution is 2.39. The van der Waals surface area contributed by atoms with Crippen molar-refractivity contribution >= 4 is 28.9 Å². The van der Waals surface area contributed by atoms with Gasteiger partial charge in [-0.15, -0.1) is 0 Å². The zero-order valence-corrected chi connectivity index (χ0v) is 22.3. The van der Waals surface area contributed by atoms with Crippen molar-refractivity contribution < 1.29 is 9.53 Å². The van der Waals surface area contributed by atoms with E-state index in [0.29, 0.717) is 24.7 Å². The van der Waals surface area contributed by atoms with Crippen molar-refractivity contribution in [2.24, 2.45) is 0 Å². The topological polar surface area (TPSA) is 71.4 Å². The number of aryl methyl sites for hydroxylation is 1. The molecule has 2 unspecified atom stereocenters. The number of nitrogens with one attached hydrogen (secondary N) is 2. The Labute approximate surface area is 228 Å². The molecule has 7 nitrogen and oxygen atoms in total. The number of benzene rings is 2. The van der Waals surface area contributed by atoms with Gasteiger partial charge in [-0.1, -0.05) is 24.3 Å². The number of para-hydroxylation sites is 1. The van der Waals surface area contributed by atoms with E-state index in [1.807, 2.05) is 92.8 Å². The highest BCUT2D eigenvalue weighted by molar-refractivity contribution is 7.80. The van der Waals surface area contributed by atoms with Gasteiger partial charge in [0.2, 0.25) is 5.91 Å². The van der Waals surface area contributed by atoms with E-state index in [0.717, 1.165) is 34.1 Å². The van der Waals surface area contributed by atoms with Gasteiger partial charge in [-0.3, -0.25) is 9.78 Å². The standard InChI is InChI=1S/C30H31N5O2S/c1-3-37-23-15-13-22(14-16-23)34-19-8-12-26(34)29-28(25-11-6-7-18-31-25)33-30(38)35(29)20-17-27(36)32-24-10-5-4-9-21(24)2/h4-16,18-19,28-29H,3,17,20H2,1-2H3,(H,32,36)(H,33,38). The lowest BCUT2D eigenvalue weighted by Gasteiger charge is -2.29. The van der Waals surface area contributed by atoms with Crippen LogP contribution in [0.3, 0.4) is 0 Å². The second kappa shape index (κ2) is 11.5. The van der Waals surface area contributed by atoms with Crippen LogP contribution >= 0.6 is 12.2 Å². The zero-order valence-electron chi connectivity index (χ0n) is 21.5. The van der Waals surface area contributed by atoms with Gasteiger partial charge in [0.25, 0.3) is 0 Å². The lowest BCUT2D eigenvalue weighted by molar-refractivity contribution is -0.116. The summed E-state index contributed by atoms with van der Waals surface area (Å²) in [6.07, 6.45) is 4.14. The summed E-state index contributed by atoms with van der Waals surface area (Å²) in [6, 6.07) is 25.5. The number of nitrogens with zero attached hydrogens (tertiary/aromatic N) is 3. The molecule has 1 aliphatic heterocycles. The molecule has 38 heavy (non-hydrogen) atoms. The molecule has 2 aromatic carbocycles. The average Bonchev–Trinajstić information content (AvgIpc) is 3.54. The predicted molar refractivity (Wildman–Crippen MR) is 154 cm³/mol. The number of aromatic nitrogens is 2. The molecule has 0 spiro atoms. The molecule has 194 valence electrons. The molecule has 1 aliphatic rings. The Morgan fingerprint density at radius 3 is 2.58 bits per heavy atom. The third-order valence-electron chi connectivity index (χ3n) is 6.71. The van der Waals surface area contributed by atoms with Gasteiger partial charge in [0, 0.05) is 42.4 Å². The molecule has 1 saturated heterocycles. The third kappa shape index (κ3) is 5.40. The molecular formula is C30H31N5O2S. The number of pyridine rings is 1. The highest BCUT2D eigenvalue weighted by Gasteiger charge is 2.41. The lowest BCUT2D eigenvalue weighted by Crippen LogP contribution is -2.33. The van der Waals surface area contributed by atoms with Crippen molar-refractivity contribution in [2.75, 3.05) is 18.5 Å². The molecule has 2 aromatic heterocycles. The van der Waals surface area contributed by atoms with Crippen molar-refractivity contribution in [1.29, 1.82) is 0 Å². The van der Waals surface area contributed by atoms with E-state index >= 15 is 0 Å². The van der Waals surface area contributed by atoms with Crippen LogP contribution in [0.15, 0.2) is 91.3 Å². The van der Waals surface area contributed by atoms with Crippen molar-refractivity contribution in [2.45, 2.75) is 32.4 Å². The molecule has 1 amide bonds. The van der Waals surface area contributed by atoms with Crippen molar-refractivity contribution in [3.63, 3.8) is 0 Å². The molecule has 0 aliphatic carbocycles. The first-order valence-electron chi connectivity index (χ1n) is 12.8. The van der Waals surface area contributed by atoms with E-state index in [2.05, 4.69) is 31.2 Å². The van der Waals surface area contributed by atoms with E-state index < -0.39 is 0 Å². The fourth-order valence-corrected chi connectivity index (χ4v) is 5.19. The first-order valence-corrected chi connectivity index (χ1v) is 13.2. The fraction of sp³-hybridized carbons (Fsp3) is 0.233. The number of carbonyl (C=O) groups excluding carboxylic acids is 1. The van der Waals surface area contributed by atoms with E-state index in [1.54, 1.807) is 6.20 Å². The van der Waals surface area contributed by atoms with Gasteiger partial charge in [-0.25, -0.2) is 0 Å². The Morgan fingerprint density at radius 2 is 1.84 bits per heavy atom. The van der Waals surface area contributed by atoms with Crippen LogP contribution in [-0.2, 0) is 4.79 Å². The molecule has 5 rings (SSSR count). The van der Waals surface area contributed by atoms with Gasteiger partial charge in [0.05, 0.1) is 24.4 Å². The molecular weight excluding hydrogens is 494 g/mol. The van der Waals surface area contributed by atoms with Crippen LogP contribution in [0.5, 0.6) is 5.75 Å². The van der Waals surface area contributed by atoms with Gasteiger partial charge in [0.1, 0.15) is 5.75 Å². The van der Waals surface area contributed by atoms with Gasteiger partial charge in [0.15, 0.2) is 5.11 Å². The number of amides is 1. The third-order valence-corrected chi connectivity index (χ3v) is 7.06. The van der Waals surface area contributed by atoms with Crippen LogP contribution in [0.4, 0.5) is 5.69 Å². The molecule has 0 bridgehead atoms. The lowest BCUT2D eigenvalue weighted by atomic mass is 10.0. The van der Waals surface area contributed by atoms with E-state index in [9.17, 15) is 4.79 Å². The number of anilines is 1. The summed E-state index contributed by atoms with van der Waals surface area (Å²) in [5, 5.41) is 7.12. The largest absolute Gasteiger partial charge is 0.494 e. The van der Waals surface area contributed by atoms with Crippen molar-refractivity contribution in [3.05, 3.63) is 108 Å². The molecule has 3 heterocycles. The minimum Gasteiger partial charge on any atom is -0.494 e. The Hall–Kier alpha value is -4.17. The van der Waals surface area contributed by atoms with Gasteiger partial charge >= 0.3 is 0 Å². The van der Waals surface area contributed by atoms with Crippen molar-refractivity contribution in [1.82, 2.24) is 19.8 Å². The minimum absolute atomic E-state index is 0.0518. The second-order valence-corrected chi connectivity index (χ2v) is 9.55. The van der Waals surface area contributed by atoms with E-state index in [-0.39, 0.29) is 18.0 Å². The molecule has 2 N–H and O–H groups in total. The van der Waals surface area contributed by atoms with Crippen molar-refractivity contribution in [3.8, 4) is 11.4 Å². The molecule has 4 aromatic rings. The quantitative estimate of drug-likeness (QED) is 0.278. The van der Waals surface area contributed by atoms with Crippen LogP contribution in [0.1, 0.15) is 42.4 Å². The zero-order chi connectivity index (χ0) is 26.5. The minimum atomic E-state index is -0.167. The molecule has 1 fully saturated rings. The first kappa shape index (κ1) is 25.5. The molecule has 2 atom stereocenters. The summed E-state index contributed by atoms with van der Waals surface area (Å²) in [6.45, 7) is 5.04. The first-order chi connectivity index (χ1) is 18.5.